The molecular weight excluding hydrogens is 298 g/mol. The Bertz CT molecular complexity index is 709. The average molecular weight is 318 g/mol. The molecule has 0 amide bonds. The van der Waals surface area contributed by atoms with Gasteiger partial charge in [0.15, 0.2) is 6.29 Å². The van der Waals surface area contributed by atoms with E-state index in [9.17, 15) is 4.79 Å². The van der Waals surface area contributed by atoms with Gasteiger partial charge in [0.25, 0.3) is 0 Å². The highest BCUT2D eigenvalue weighted by Crippen LogP contribution is 2.28. The molecule has 4 nitrogen and oxygen atoms in total. The number of fused-ring (bicyclic) bond motifs is 1. The minimum Gasteiger partial charge on any atom is -0.353 e. The van der Waals surface area contributed by atoms with Crippen molar-refractivity contribution in [2.75, 3.05) is 37.6 Å². The Morgan fingerprint density at radius 3 is 2.64 bits per heavy atom. The summed E-state index contributed by atoms with van der Waals surface area (Å²) in [7, 11) is 0. The van der Waals surface area contributed by atoms with Crippen LogP contribution in [0.15, 0.2) is 18.2 Å². The number of benzene rings is 1. The summed E-state index contributed by atoms with van der Waals surface area (Å²) < 4.78 is 0. The highest BCUT2D eigenvalue weighted by atomic mass is 35.5. The number of likely N-dealkylation sites (N-methyl/N-ethyl adjacent to an activating group) is 1. The number of aromatic nitrogens is 1. The van der Waals surface area contributed by atoms with Crippen molar-refractivity contribution in [2.45, 2.75) is 13.8 Å². The molecule has 0 saturated carbocycles. The molecule has 1 aromatic carbocycles. The summed E-state index contributed by atoms with van der Waals surface area (Å²) in [5, 5.41) is 1.67. The number of hydrogen-bond acceptors (Lipinski definition) is 4. The van der Waals surface area contributed by atoms with Gasteiger partial charge in [0.2, 0.25) is 0 Å². The molecule has 0 unspecified atom stereocenters. The first kappa shape index (κ1) is 15.3. The van der Waals surface area contributed by atoms with Gasteiger partial charge in [0, 0.05) is 36.6 Å². The fraction of sp³-hybridized carbons (Fsp3) is 0.412. The number of halogens is 1. The lowest BCUT2D eigenvalue weighted by Gasteiger charge is -2.35. The second-order valence-corrected chi connectivity index (χ2v) is 6.09. The van der Waals surface area contributed by atoms with Crippen LogP contribution in [0.2, 0.25) is 5.02 Å². The molecule has 1 aromatic heterocycles. The molecule has 0 radical (unpaired) electrons. The molecule has 1 aliphatic heterocycles. The third-order valence-corrected chi connectivity index (χ3v) is 4.84. The Morgan fingerprint density at radius 1 is 1.27 bits per heavy atom. The lowest BCUT2D eigenvalue weighted by molar-refractivity contribution is 0.112. The van der Waals surface area contributed by atoms with Gasteiger partial charge in [-0.1, -0.05) is 24.6 Å². The zero-order chi connectivity index (χ0) is 15.7. The summed E-state index contributed by atoms with van der Waals surface area (Å²) in [5.74, 6) is 0.781. The number of anilines is 1. The lowest BCUT2D eigenvalue weighted by Crippen LogP contribution is -2.46. The number of rotatable bonds is 3. The van der Waals surface area contributed by atoms with E-state index in [1.54, 1.807) is 0 Å². The molecule has 1 saturated heterocycles. The lowest BCUT2D eigenvalue weighted by atomic mass is 10.1. The number of pyridine rings is 1. The predicted molar refractivity (Wildman–Crippen MR) is 91.2 cm³/mol. The van der Waals surface area contributed by atoms with Crippen LogP contribution in [0.3, 0.4) is 0 Å². The minimum absolute atomic E-state index is 0.652. The predicted octanol–water partition coefficient (Wildman–Crippen LogP) is 3.15. The van der Waals surface area contributed by atoms with E-state index in [1.165, 1.54) is 0 Å². The first-order valence-corrected chi connectivity index (χ1v) is 8.04. The second kappa shape index (κ2) is 6.23. The van der Waals surface area contributed by atoms with Crippen LogP contribution in [-0.4, -0.2) is 48.9 Å². The van der Waals surface area contributed by atoms with E-state index < -0.39 is 0 Å². The smallest absolute Gasteiger partial charge is 0.153 e. The Morgan fingerprint density at radius 2 is 2.00 bits per heavy atom. The topological polar surface area (TPSA) is 36.4 Å². The molecule has 1 fully saturated rings. The molecule has 0 bridgehead atoms. The zero-order valence-electron chi connectivity index (χ0n) is 13.0. The fourth-order valence-corrected chi connectivity index (χ4v) is 3.13. The molecule has 22 heavy (non-hydrogen) atoms. The fourth-order valence-electron chi connectivity index (χ4n) is 2.98. The van der Waals surface area contributed by atoms with Gasteiger partial charge in [-0.3, -0.25) is 4.79 Å². The van der Waals surface area contributed by atoms with Gasteiger partial charge in [-0.15, -0.1) is 0 Å². The maximum absolute atomic E-state index is 11.5. The van der Waals surface area contributed by atoms with Gasteiger partial charge in [-0.25, -0.2) is 4.98 Å². The maximum atomic E-state index is 11.5. The van der Waals surface area contributed by atoms with Crippen LogP contribution in [0, 0.1) is 6.92 Å². The minimum atomic E-state index is 0.652. The molecule has 0 N–H and O–H groups in total. The molecule has 3 rings (SSSR count). The van der Waals surface area contributed by atoms with Gasteiger partial charge >= 0.3 is 0 Å². The SMILES string of the molecule is CCN1CCN(c2nc3c(C)c(Cl)ccc3cc2C=O)CC1. The van der Waals surface area contributed by atoms with Crippen molar-refractivity contribution in [1.82, 2.24) is 9.88 Å². The van der Waals surface area contributed by atoms with Crippen LogP contribution >= 0.6 is 11.6 Å². The van der Waals surface area contributed by atoms with Gasteiger partial charge in [-0.05, 0) is 31.2 Å². The largest absolute Gasteiger partial charge is 0.353 e. The van der Waals surface area contributed by atoms with Crippen molar-refractivity contribution >= 4 is 34.6 Å². The summed E-state index contributed by atoms with van der Waals surface area (Å²) >= 11 is 6.21. The first-order valence-electron chi connectivity index (χ1n) is 7.66. The molecule has 5 heteroatoms. The summed E-state index contributed by atoms with van der Waals surface area (Å²) in [6, 6.07) is 5.69. The number of carbonyl (C=O) groups excluding carboxylic acids is 1. The van der Waals surface area contributed by atoms with Crippen molar-refractivity contribution < 1.29 is 4.79 Å². The summed E-state index contributed by atoms with van der Waals surface area (Å²) in [5.41, 5.74) is 2.50. The van der Waals surface area contributed by atoms with E-state index in [0.29, 0.717) is 10.6 Å². The Hall–Kier alpha value is -1.65. The molecule has 0 atom stereocenters. The van der Waals surface area contributed by atoms with Crippen LogP contribution in [-0.2, 0) is 0 Å². The molecule has 0 spiro atoms. The number of hydrogen-bond donors (Lipinski definition) is 0. The van der Waals surface area contributed by atoms with Gasteiger partial charge in [0.05, 0.1) is 11.1 Å². The van der Waals surface area contributed by atoms with Crippen LogP contribution in [0.4, 0.5) is 5.82 Å². The normalized spacial score (nSPS) is 16.2. The molecule has 116 valence electrons. The number of nitrogens with zero attached hydrogens (tertiary/aromatic N) is 3. The summed E-state index contributed by atoms with van der Waals surface area (Å²) in [4.78, 5) is 20.9. The molecule has 2 aromatic rings. The highest BCUT2D eigenvalue weighted by molar-refractivity contribution is 6.32. The second-order valence-electron chi connectivity index (χ2n) is 5.68. The van der Waals surface area contributed by atoms with Crippen LogP contribution in [0.25, 0.3) is 10.9 Å². The summed E-state index contributed by atoms with van der Waals surface area (Å²) in [6.45, 7) is 9.00. The summed E-state index contributed by atoms with van der Waals surface area (Å²) in [6.07, 6.45) is 0.901. The van der Waals surface area contributed by atoms with E-state index in [0.717, 1.165) is 61.3 Å². The third kappa shape index (κ3) is 2.69. The molecular formula is C17H20ClN3O. The number of aldehydes is 1. The van der Waals surface area contributed by atoms with Crippen molar-refractivity contribution in [3.05, 3.63) is 34.3 Å². The van der Waals surface area contributed by atoms with Crippen molar-refractivity contribution in [3.8, 4) is 0 Å². The molecule has 2 heterocycles. The van der Waals surface area contributed by atoms with E-state index in [-0.39, 0.29) is 0 Å². The van der Waals surface area contributed by atoms with E-state index in [4.69, 9.17) is 16.6 Å². The molecule has 0 aliphatic carbocycles. The standard InChI is InChI=1S/C17H20ClN3O/c1-3-20-6-8-21(9-7-20)17-14(11-22)10-13-4-5-15(18)12(2)16(13)19-17/h4-5,10-11H,3,6-9H2,1-2H3. The van der Waals surface area contributed by atoms with Crippen molar-refractivity contribution in [3.63, 3.8) is 0 Å². The van der Waals surface area contributed by atoms with Crippen LogP contribution < -0.4 is 4.90 Å². The van der Waals surface area contributed by atoms with E-state index >= 15 is 0 Å². The zero-order valence-corrected chi connectivity index (χ0v) is 13.7. The van der Waals surface area contributed by atoms with Crippen LogP contribution in [0.5, 0.6) is 0 Å². The first-order chi connectivity index (χ1) is 10.6. The van der Waals surface area contributed by atoms with E-state index in [2.05, 4.69) is 16.7 Å². The average Bonchev–Trinajstić information content (AvgIpc) is 2.57. The van der Waals surface area contributed by atoms with Gasteiger partial charge < -0.3 is 9.80 Å². The number of aryl methyl sites for hydroxylation is 1. The Kier molecular flexibility index (Phi) is 4.32. The quantitative estimate of drug-likeness (QED) is 0.815. The van der Waals surface area contributed by atoms with Crippen molar-refractivity contribution in [1.29, 1.82) is 0 Å². The Labute approximate surface area is 135 Å². The molecule has 1 aliphatic rings. The number of piperazine rings is 1. The van der Waals surface area contributed by atoms with Gasteiger partial charge in [-0.2, -0.15) is 0 Å². The Balaban J connectivity index is 2.04. The van der Waals surface area contributed by atoms with Crippen LogP contribution in [0.1, 0.15) is 22.8 Å². The monoisotopic (exact) mass is 317 g/mol. The highest BCUT2D eigenvalue weighted by Gasteiger charge is 2.20. The third-order valence-electron chi connectivity index (χ3n) is 4.43. The van der Waals surface area contributed by atoms with Crippen molar-refractivity contribution in [2.24, 2.45) is 0 Å². The van der Waals surface area contributed by atoms with E-state index in [1.807, 2.05) is 25.1 Å². The maximum Gasteiger partial charge on any atom is 0.153 e. The number of carbonyl (C=O) groups is 1. The van der Waals surface area contributed by atoms with Gasteiger partial charge in [0.1, 0.15) is 5.82 Å².